The summed E-state index contributed by atoms with van der Waals surface area (Å²) in [4.78, 5) is 4.19. The van der Waals surface area contributed by atoms with Crippen molar-refractivity contribution in [2.24, 2.45) is 0 Å². The van der Waals surface area contributed by atoms with Gasteiger partial charge in [0, 0.05) is 16.7 Å². The molecule has 17 heavy (non-hydrogen) atoms. The van der Waals surface area contributed by atoms with Crippen LogP contribution in [0.25, 0.3) is 0 Å². The van der Waals surface area contributed by atoms with Gasteiger partial charge in [0.05, 0.1) is 11.6 Å². The van der Waals surface area contributed by atoms with E-state index in [1.807, 2.05) is 29.8 Å². The largest absolute Gasteiger partial charge is 0.378 e. The molecule has 0 amide bonds. The molecule has 0 atom stereocenters. The second-order valence-corrected chi connectivity index (χ2v) is 4.74. The number of nitrogens with one attached hydrogen (secondary N) is 1. The van der Waals surface area contributed by atoms with Gasteiger partial charge in [0.25, 0.3) is 0 Å². The molecule has 0 saturated heterocycles. The molecule has 0 aliphatic carbocycles. The minimum Gasteiger partial charge on any atom is -0.378 e. The zero-order chi connectivity index (χ0) is 12.3. The molecule has 1 N–H and O–H groups in total. The van der Waals surface area contributed by atoms with E-state index in [0.29, 0.717) is 11.6 Å². The third kappa shape index (κ3) is 2.98. The normalized spacial score (nSPS) is 10.5. The Hall–Kier alpha value is -1.07. The lowest BCUT2D eigenvalue weighted by Gasteiger charge is -2.07. The lowest BCUT2D eigenvalue weighted by atomic mass is 10.3. The molecule has 2 rings (SSSR count). The molecule has 0 fully saturated rings. The number of halogens is 2. The van der Waals surface area contributed by atoms with E-state index in [-0.39, 0.29) is 0 Å². The van der Waals surface area contributed by atoms with Crippen LogP contribution in [0.3, 0.4) is 0 Å². The average molecular weight is 316 g/mol. The van der Waals surface area contributed by atoms with Crippen molar-refractivity contribution in [3.63, 3.8) is 0 Å². The Labute approximate surface area is 113 Å². The van der Waals surface area contributed by atoms with Crippen LogP contribution < -0.4 is 5.32 Å². The molecule has 6 heteroatoms. The maximum Gasteiger partial charge on any atom is 0.146 e. The maximum absolute atomic E-state index is 6.01. The molecular formula is C11H12BrClN4. The van der Waals surface area contributed by atoms with Gasteiger partial charge in [0.1, 0.15) is 12.2 Å². The molecule has 1 aromatic carbocycles. The number of aryl methyl sites for hydroxylation is 1. The van der Waals surface area contributed by atoms with E-state index in [0.717, 1.165) is 22.5 Å². The Kier molecular flexibility index (Phi) is 4.02. The van der Waals surface area contributed by atoms with Crippen LogP contribution in [0, 0.1) is 0 Å². The van der Waals surface area contributed by atoms with Gasteiger partial charge in [0.2, 0.25) is 0 Å². The first-order valence-corrected chi connectivity index (χ1v) is 6.43. The molecule has 4 nitrogen and oxygen atoms in total. The van der Waals surface area contributed by atoms with Gasteiger partial charge in [-0.1, -0.05) is 11.6 Å². The number of rotatable bonds is 4. The van der Waals surface area contributed by atoms with E-state index >= 15 is 0 Å². The number of nitrogens with zero attached hydrogens (tertiary/aromatic N) is 3. The number of hydrogen-bond donors (Lipinski definition) is 1. The van der Waals surface area contributed by atoms with Crippen LogP contribution in [0.1, 0.15) is 12.7 Å². The molecule has 0 spiro atoms. The fourth-order valence-electron chi connectivity index (χ4n) is 1.48. The third-order valence-electron chi connectivity index (χ3n) is 2.37. The van der Waals surface area contributed by atoms with Crippen LogP contribution in [0.4, 0.5) is 5.69 Å². The molecule has 1 aromatic heterocycles. The van der Waals surface area contributed by atoms with Crippen LogP contribution in [0.2, 0.25) is 5.02 Å². The highest BCUT2D eigenvalue weighted by Gasteiger charge is 2.03. The lowest BCUT2D eigenvalue weighted by Crippen LogP contribution is -2.08. The molecule has 2 aromatic rings. The minimum absolute atomic E-state index is 0.631. The summed E-state index contributed by atoms with van der Waals surface area (Å²) in [5.41, 5.74) is 0.962. The van der Waals surface area contributed by atoms with Crippen molar-refractivity contribution in [1.29, 1.82) is 0 Å². The van der Waals surface area contributed by atoms with Gasteiger partial charge in [-0.3, -0.25) is 0 Å². The zero-order valence-corrected chi connectivity index (χ0v) is 11.7. The highest BCUT2D eigenvalue weighted by atomic mass is 79.9. The maximum atomic E-state index is 6.01. The average Bonchev–Trinajstić information content (AvgIpc) is 2.78. The van der Waals surface area contributed by atoms with Crippen LogP contribution in [0.5, 0.6) is 0 Å². The third-order valence-corrected chi connectivity index (χ3v) is 3.60. The van der Waals surface area contributed by atoms with Gasteiger partial charge in [-0.15, -0.1) is 0 Å². The van der Waals surface area contributed by atoms with Crippen LogP contribution in [-0.2, 0) is 13.1 Å². The zero-order valence-electron chi connectivity index (χ0n) is 9.32. The van der Waals surface area contributed by atoms with Crippen molar-refractivity contribution in [2.45, 2.75) is 20.0 Å². The van der Waals surface area contributed by atoms with E-state index < -0.39 is 0 Å². The van der Waals surface area contributed by atoms with Gasteiger partial charge in [-0.05, 0) is 41.1 Å². The summed E-state index contributed by atoms with van der Waals surface area (Å²) in [6.45, 7) is 3.48. The van der Waals surface area contributed by atoms with Crippen molar-refractivity contribution >= 4 is 33.2 Å². The first kappa shape index (κ1) is 12.4. The molecule has 1 heterocycles. The Morgan fingerprint density at radius 2 is 2.29 bits per heavy atom. The van der Waals surface area contributed by atoms with Crippen LogP contribution in [-0.4, -0.2) is 14.8 Å². The fourth-order valence-corrected chi connectivity index (χ4v) is 1.90. The van der Waals surface area contributed by atoms with Crippen molar-refractivity contribution in [3.8, 4) is 0 Å². The van der Waals surface area contributed by atoms with E-state index in [2.05, 4.69) is 31.3 Å². The molecule has 0 unspecified atom stereocenters. The summed E-state index contributed by atoms with van der Waals surface area (Å²) >= 11 is 9.37. The number of benzene rings is 1. The fraction of sp³-hybridized carbons (Fsp3) is 0.273. The number of aromatic nitrogens is 3. The van der Waals surface area contributed by atoms with Gasteiger partial charge >= 0.3 is 0 Å². The van der Waals surface area contributed by atoms with Gasteiger partial charge in [-0.25, -0.2) is 9.67 Å². The molecule has 0 aliphatic rings. The summed E-state index contributed by atoms with van der Waals surface area (Å²) in [6, 6.07) is 5.75. The summed E-state index contributed by atoms with van der Waals surface area (Å²) in [5, 5.41) is 8.06. The first-order chi connectivity index (χ1) is 8.20. The summed E-state index contributed by atoms with van der Waals surface area (Å²) in [7, 11) is 0. The van der Waals surface area contributed by atoms with Gasteiger partial charge < -0.3 is 5.32 Å². The van der Waals surface area contributed by atoms with Crippen molar-refractivity contribution < 1.29 is 0 Å². The van der Waals surface area contributed by atoms with E-state index in [1.165, 1.54) is 0 Å². The molecule has 90 valence electrons. The number of hydrogen-bond acceptors (Lipinski definition) is 3. The Balaban J connectivity index is 2.05. The summed E-state index contributed by atoms with van der Waals surface area (Å²) in [6.07, 6.45) is 1.56. The SMILES string of the molecule is CCn1ncnc1CNc1ccc(Br)c(Cl)c1. The highest BCUT2D eigenvalue weighted by Crippen LogP contribution is 2.25. The lowest BCUT2D eigenvalue weighted by molar-refractivity contribution is 0.622. The molecule has 0 radical (unpaired) electrons. The predicted octanol–water partition coefficient (Wildman–Crippen LogP) is 3.33. The first-order valence-electron chi connectivity index (χ1n) is 5.26. The smallest absolute Gasteiger partial charge is 0.146 e. The number of anilines is 1. The standard InChI is InChI=1S/C11H12BrClN4/c1-2-17-11(15-7-16-17)6-14-8-3-4-9(12)10(13)5-8/h3-5,7,14H,2,6H2,1H3. The Morgan fingerprint density at radius 3 is 3.00 bits per heavy atom. The van der Waals surface area contributed by atoms with Crippen LogP contribution >= 0.6 is 27.5 Å². The second-order valence-electron chi connectivity index (χ2n) is 3.47. The summed E-state index contributed by atoms with van der Waals surface area (Å²) in [5.74, 6) is 0.909. The summed E-state index contributed by atoms with van der Waals surface area (Å²) < 4.78 is 2.74. The highest BCUT2D eigenvalue weighted by molar-refractivity contribution is 9.10. The topological polar surface area (TPSA) is 42.7 Å². The second kappa shape index (κ2) is 5.51. The van der Waals surface area contributed by atoms with Gasteiger partial charge in [0.15, 0.2) is 0 Å². The Morgan fingerprint density at radius 1 is 1.47 bits per heavy atom. The van der Waals surface area contributed by atoms with E-state index in [9.17, 15) is 0 Å². The molecule has 0 saturated carbocycles. The van der Waals surface area contributed by atoms with E-state index in [1.54, 1.807) is 6.33 Å². The predicted molar refractivity (Wildman–Crippen MR) is 72.2 cm³/mol. The Bertz CT molecular complexity index is 512. The van der Waals surface area contributed by atoms with E-state index in [4.69, 9.17) is 11.6 Å². The van der Waals surface area contributed by atoms with Crippen molar-refractivity contribution in [2.75, 3.05) is 5.32 Å². The van der Waals surface area contributed by atoms with Crippen molar-refractivity contribution in [3.05, 3.63) is 39.8 Å². The minimum atomic E-state index is 0.631. The van der Waals surface area contributed by atoms with Gasteiger partial charge in [-0.2, -0.15) is 5.10 Å². The molecular weight excluding hydrogens is 304 g/mol. The van der Waals surface area contributed by atoms with Crippen LogP contribution in [0.15, 0.2) is 29.0 Å². The monoisotopic (exact) mass is 314 g/mol. The quantitative estimate of drug-likeness (QED) is 0.941. The molecule has 0 aliphatic heterocycles. The van der Waals surface area contributed by atoms with Crippen molar-refractivity contribution in [1.82, 2.24) is 14.8 Å². The molecule has 0 bridgehead atoms.